The molecule has 0 aliphatic carbocycles. The summed E-state index contributed by atoms with van der Waals surface area (Å²) >= 11 is 6.02. The van der Waals surface area contributed by atoms with Crippen LogP contribution in [0.25, 0.3) is 0 Å². The molecular weight excluding hydrogens is 308 g/mol. The summed E-state index contributed by atoms with van der Waals surface area (Å²) in [5, 5.41) is 0. The summed E-state index contributed by atoms with van der Waals surface area (Å²) in [4.78, 5) is 0. The molecule has 0 saturated carbocycles. The number of rotatable bonds is 3. The maximum atomic E-state index is 6.07. The third-order valence-corrected chi connectivity index (χ3v) is 4.17. The highest BCUT2D eigenvalue weighted by Crippen LogP contribution is 2.37. The average Bonchev–Trinajstić information content (AvgIpc) is 2.60. The zero-order valence-corrected chi connectivity index (χ0v) is 13.2. The Morgan fingerprint density at radius 3 is 2.55 bits per heavy atom. The first kappa shape index (κ1) is 15.9. The van der Waals surface area contributed by atoms with Crippen molar-refractivity contribution < 1.29 is 23.7 Å². The van der Waals surface area contributed by atoms with Crippen LogP contribution in [0, 0.1) is 0 Å². The maximum Gasteiger partial charge on any atom is 0.187 e. The van der Waals surface area contributed by atoms with Crippen molar-refractivity contribution in [2.45, 2.75) is 30.9 Å². The molecule has 2 fully saturated rings. The van der Waals surface area contributed by atoms with Crippen molar-refractivity contribution in [3.63, 3.8) is 0 Å². The lowest BCUT2D eigenvalue weighted by Gasteiger charge is -2.45. The monoisotopic (exact) mass is 326 g/mol. The van der Waals surface area contributed by atoms with Crippen LogP contribution in [0.4, 0.5) is 0 Å². The molecule has 1 aromatic rings. The quantitative estimate of drug-likeness (QED) is 0.854. The van der Waals surface area contributed by atoms with E-state index in [4.69, 9.17) is 35.3 Å². The van der Waals surface area contributed by atoms with Crippen molar-refractivity contribution in [3.8, 4) is 0 Å². The van der Waals surface area contributed by atoms with Crippen LogP contribution in [-0.4, -0.2) is 45.4 Å². The molecule has 2 saturated heterocycles. The van der Waals surface area contributed by atoms with E-state index in [1.807, 2.05) is 30.3 Å². The molecule has 0 radical (unpaired) electrons. The van der Waals surface area contributed by atoms with Crippen LogP contribution in [0.2, 0.25) is 0 Å². The summed E-state index contributed by atoms with van der Waals surface area (Å²) in [6.45, 7) is 0.398. The van der Waals surface area contributed by atoms with Gasteiger partial charge in [-0.25, -0.2) is 0 Å². The van der Waals surface area contributed by atoms with Gasteiger partial charge in [0.15, 0.2) is 12.6 Å². The maximum absolute atomic E-state index is 6.07. The predicted molar refractivity (Wildman–Crippen MR) is 80.4 cm³/mol. The second-order valence-corrected chi connectivity index (χ2v) is 5.39. The number of methoxy groups -OCH3 is 2. The first-order valence-corrected chi connectivity index (χ1v) is 7.55. The lowest BCUT2D eigenvalue weighted by Crippen LogP contribution is -2.55. The first-order valence-electron chi connectivity index (χ1n) is 7.11. The van der Waals surface area contributed by atoms with Gasteiger partial charge in [0.2, 0.25) is 0 Å². The van der Waals surface area contributed by atoms with Crippen LogP contribution in [-0.2, 0) is 23.7 Å². The molecule has 22 heavy (non-hydrogen) atoms. The van der Waals surface area contributed by atoms with Gasteiger partial charge < -0.3 is 23.7 Å². The van der Waals surface area contributed by atoms with E-state index in [2.05, 4.69) is 0 Å². The third-order valence-electron chi connectivity index (χ3n) is 3.92. The Morgan fingerprint density at radius 2 is 1.91 bits per heavy atom. The van der Waals surface area contributed by atoms with E-state index in [9.17, 15) is 0 Å². The molecule has 0 unspecified atom stereocenters. The lowest BCUT2D eigenvalue weighted by atomic mass is 9.96. The predicted octanol–water partition coefficient (Wildman–Crippen LogP) is 2.61. The van der Waals surface area contributed by atoms with Crippen molar-refractivity contribution in [1.29, 1.82) is 0 Å². The van der Waals surface area contributed by atoms with Crippen LogP contribution >= 0.6 is 11.6 Å². The molecule has 120 valence electrons. The van der Waals surface area contributed by atoms with E-state index < -0.39 is 18.7 Å². The SMILES string of the molecule is CO[C@H]1O[C@@H]2CO[C@@H](c3ccccc3)O[C@H]2/C(=C/Cl)[C@H]1OC. The van der Waals surface area contributed by atoms with Crippen LogP contribution < -0.4 is 0 Å². The lowest BCUT2D eigenvalue weighted by molar-refractivity contribution is -0.316. The molecule has 0 amide bonds. The zero-order valence-electron chi connectivity index (χ0n) is 12.5. The molecular formula is C16H19ClO5. The van der Waals surface area contributed by atoms with Crippen molar-refractivity contribution in [2.24, 2.45) is 0 Å². The summed E-state index contributed by atoms with van der Waals surface area (Å²) in [6, 6.07) is 9.77. The minimum Gasteiger partial charge on any atom is -0.372 e. The highest BCUT2D eigenvalue weighted by atomic mass is 35.5. The number of fused-ring (bicyclic) bond motifs is 1. The van der Waals surface area contributed by atoms with Gasteiger partial charge in [-0.2, -0.15) is 0 Å². The van der Waals surface area contributed by atoms with Crippen LogP contribution in [0.3, 0.4) is 0 Å². The number of hydrogen-bond donors (Lipinski definition) is 0. The zero-order chi connectivity index (χ0) is 15.5. The molecule has 1 aromatic carbocycles. The molecule has 0 aromatic heterocycles. The van der Waals surface area contributed by atoms with Crippen LogP contribution in [0.5, 0.6) is 0 Å². The Labute approximate surface area is 134 Å². The molecule has 3 rings (SSSR count). The summed E-state index contributed by atoms with van der Waals surface area (Å²) in [6.07, 6.45) is -1.99. The molecule has 2 aliphatic rings. The number of halogens is 1. The second kappa shape index (κ2) is 7.08. The normalized spacial score (nSPS) is 37.0. The standard InChI is InChI=1S/C16H19ClO5/c1-18-14-11(8-17)13-12(21-16(14)19-2)9-20-15(22-13)10-6-4-3-5-7-10/h3-8,12-16H,9H2,1-2H3/b11-8-/t12-,13+,14-,15-,16+/m1/s1. The molecule has 2 heterocycles. The van der Waals surface area contributed by atoms with Gasteiger partial charge in [0.05, 0.1) is 6.61 Å². The number of ether oxygens (including phenoxy) is 5. The van der Waals surface area contributed by atoms with Gasteiger partial charge in [0.1, 0.15) is 18.3 Å². The van der Waals surface area contributed by atoms with Crippen molar-refractivity contribution in [2.75, 3.05) is 20.8 Å². The van der Waals surface area contributed by atoms with Crippen LogP contribution in [0.15, 0.2) is 41.4 Å². The molecule has 5 atom stereocenters. The van der Waals surface area contributed by atoms with Gasteiger partial charge in [-0.15, -0.1) is 0 Å². The molecule has 6 heteroatoms. The Balaban J connectivity index is 1.82. The number of hydrogen-bond acceptors (Lipinski definition) is 5. The van der Waals surface area contributed by atoms with Crippen molar-refractivity contribution in [3.05, 3.63) is 47.0 Å². The van der Waals surface area contributed by atoms with Crippen LogP contribution in [0.1, 0.15) is 11.9 Å². The largest absolute Gasteiger partial charge is 0.372 e. The highest BCUT2D eigenvalue weighted by Gasteiger charge is 2.46. The molecule has 5 nitrogen and oxygen atoms in total. The summed E-state index contributed by atoms with van der Waals surface area (Å²) in [5.74, 6) is 0. The molecule has 0 spiro atoms. The average molecular weight is 327 g/mol. The van der Waals surface area contributed by atoms with E-state index >= 15 is 0 Å². The van der Waals surface area contributed by atoms with E-state index in [1.54, 1.807) is 14.2 Å². The van der Waals surface area contributed by atoms with E-state index in [0.29, 0.717) is 6.61 Å². The van der Waals surface area contributed by atoms with E-state index in [1.165, 1.54) is 5.54 Å². The van der Waals surface area contributed by atoms with Gasteiger partial charge in [-0.1, -0.05) is 41.9 Å². The van der Waals surface area contributed by atoms with E-state index in [-0.39, 0.29) is 12.2 Å². The van der Waals surface area contributed by atoms with Gasteiger partial charge in [0, 0.05) is 30.9 Å². The minimum atomic E-state index is -0.531. The first-order chi connectivity index (χ1) is 10.8. The third kappa shape index (κ3) is 2.93. The fourth-order valence-electron chi connectivity index (χ4n) is 2.83. The molecule has 2 aliphatic heterocycles. The van der Waals surface area contributed by atoms with Gasteiger partial charge in [-0.3, -0.25) is 0 Å². The van der Waals surface area contributed by atoms with Gasteiger partial charge in [-0.05, 0) is 0 Å². The Bertz CT molecular complexity index is 521. The smallest absolute Gasteiger partial charge is 0.187 e. The Hall–Kier alpha value is -0.950. The Kier molecular flexibility index (Phi) is 5.13. The topological polar surface area (TPSA) is 46.2 Å². The van der Waals surface area contributed by atoms with Gasteiger partial charge in [0.25, 0.3) is 0 Å². The fourth-order valence-corrected chi connectivity index (χ4v) is 3.08. The minimum absolute atomic E-state index is 0.277. The van der Waals surface area contributed by atoms with Crippen molar-refractivity contribution in [1.82, 2.24) is 0 Å². The van der Waals surface area contributed by atoms with E-state index in [0.717, 1.165) is 11.1 Å². The molecule has 0 bridgehead atoms. The van der Waals surface area contributed by atoms with Gasteiger partial charge >= 0.3 is 0 Å². The molecule has 0 N–H and O–H groups in total. The highest BCUT2D eigenvalue weighted by molar-refractivity contribution is 6.25. The summed E-state index contributed by atoms with van der Waals surface area (Å²) in [7, 11) is 3.16. The fraction of sp³-hybridized carbons (Fsp3) is 0.500. The summed E-state index contributed by atoms with van der Waals surface area (Å²) < 4.78 is 28.5. The van der Waals surface area contributed by atoms with Crippen molar-refractivity contribution >= 4 is 11.6 Å². The number of benzene rings is 1. The second-order valence-electron chi connectivity index (χ2n) is 5.18. The summed E-state index contributed by atoms with van der Waals surface area (Å²) in [5.41, 5.74) is 3.25. The Morgan fingerprint density at radius 1 is 1.14 bits per heavy atom.